The van der Waals surface area contributed by atoms with Crippen LogP contribution in [0.1, 0.15) is 50.4 Å². The largest absolute Gasteiger partial charge is 0.493 e. The molecule has 1 spiro atoms. The third-order valence-electron chi connectivity index (χ3n) is 7.17. The summed E-state index contributed by atoms with van der Waals surface area (Å²) in [7, 11) is 0. The van der Waals surface area contributed by atoms with Crippen molar-refractivity contribution in [3.63, 3.8) is 0 Å². The number of benzene rings is 1. The maximum absolute atomic E-state index is 5.92. The summed E-state index contributed by atoms with van der Waals surface area (Å²) >= 11 is 0. The lowest BCUT2D eigenvalue weighted by Crippen LogP contribution is -2.36. The lowest BCUT2D eigenvalue weighted by Gasteiger charge is -2.29. The molecule has 1 N–H and O–H groups in total. The Kier molecular flexibility index (Phi) is 5.35. The fraction of sp³-hybridized carbons (Fsp3) is 0.625. The van der Waals surface area contributed by atoms with E-state index in [1.807, 2.05) is 6.20 Å². The lowest BCUT2D eigenvalue weighted by atomic mass is 9.93. The topological polar surface area (TPSA) is 42.3 Å². The Balaban J connectivity index is 1.28. The number of imidazole rings is 1. The van der Waals surface area contributed by atoms with Crippen LogP contribution in [0, 0.1) is 11.3 Å². The second-order valence-corrected chi connectivity index (χ2v) is 9.27. The number of piperidine rings is 1. The van der Waals surface area contributed by atoms with Crippen molar-refractivity contribution in [1.29, 1.82) is 0 Å². The molecule has 5 rings (SSSR count). The van der Waals surface area contributed by atoms with E-state index in [1.54, 1.807) is 0 Å². The summed E-state index contributed by atoms with van der Waals surface area (Å²) in [5, 5.41) is 3.53. The van der Waals surface area contributed by atoms with Gasteiger partial charge in [0, 0.05) is 31.5 Å². The Bertz CT molecular complexity index is 805. The number of hydrogen-bond acceptors (Lipinski definition) is 4. The second kappa shape index (κ2) is 8.11. The zero-order valence-corrected chi connectivity index (χ0v) is 17.6. The smallest absolute Gasteiger partial charge is 0.122 e. The highest BCUT2D eigenvalue weighted by Crippen LogP contribution is 2.56. The summed E-state index contributed by atoms with van der Waals surface area (Å²) in [5.74, 6) is 2.99. The number of ether oxygens (including phenoxy) is 1. The molecule has 3 fully saturated rings. The molecule has 1 atom stereocenters. The SMILES string of the molecule is CCn1ccnc1CN(Cc1ccc(OCC2CC2)cc1)C1CC12CCNCC2. The van der Waals surface area contributed by atoms with Crippen LogP contribution in [0.5, 0.6) is 5.75 Å². The standard InChI is InChI=1S/C24H34N4O/c1-2-27-14-13-26-23(27)17-28(22-15-24(22)9-11-25-12-10-24)16-19-5-7-21(8-6-19)29-18-20-3-4-20/h5-8,13-14,20,22,25H,2-4,9-12,15-18H2,1H3. The van der Waals surface area contributed by atoms with Gasteiger partial charge in [0.05, 0.1) is 13.2 Å². The Hall–Kier alpha value is -1.85. The normalized spacial score (nSPS) is 22.9. The van der Waals surface area contributed by atoms with E-state index in [0.717, 1.165) is 37.9 Å². The van der Waals surface area contributed by atoms with E-state index >= 15 is 0 Å². The minimum atomic E-state index is 0.530. The molecule has 1 aromatic heterocycles. The third-order valence-corrected chi connectivity index (χ3v) is 7.17. The van der Waals surface area contributed by atoms with Crippen molar-refractivity contribution < 1.29 is 4.74 Å². The van der Waals surface area contributed by atoms with Crippen molar-refractivity contribution in [1.82, 2.24) is 19.8 Å². The highest BCUT2D eigenvalue weighted by Gasteiger charge is 2.56. The van der Waals surface area contributed by atoms with Gasteiger partial charge in [0.2, 0.25) is 0 Å². The first kappa shape index (κ1) is 19.1. The molecular formula is C24H34N4O. The number of aryl methyl sites for hydroxylation is 1. The lowest BCUT2D eigenvalue weighted by molar-refractivity contribution is 0.182. The molecule has 1 saturated heterocycles. The van der Waals surface area contributed by atoms with Crippen LogP contribution in [0.3, 0.4) is 0 Å². The van der Waals surface area contributed by atoms with Crippen molar-refractivity contribution in [3.05, 3.63) is 48.0 Å². The average molecular weight is 395 g/mol. The number of hydrogen-bond donors (Lipinski definition) is 1. The van der Waals surface area contributed by atoms with Gasteiger partial charge in [-0.15, -0.1) is 0 Å². The van der Waals surface area contributed by atoms with E-state index < -0.39 is 0 Å². The maximum atomic E-state index is 5.92. The van der Waals surface area contributed by atoms with Crippen LogP contribution >= 0.6 is 0 Å². The monoisotopic (exact) mass is 394 g/mol. The first-order valence-electron chi connectivity index (χ1n) is 11.4. The number of aromatic nitrogens is 2. The fourth-order valence-corrected chi connectivity index (χ4v) is 4.97. The van der Waals surface area contributed by atoms with E-state index in [-0.39, 0.29) is 0 Å². The minimum absolute atomic E-state index is 0.530. The van der Waals surface area contributed by atoms with Gasteiger partial charge in [-0.05, 0) is 81.1 Å². The molecule has 3 aliphatic rings. The Morgan fingerprint density at radius 2 is 1.97 bits per heavy atom. The first-order chi connectivity index (χ1) is 14.3. The van der Waals surface area contributed by atoms with Gasteiger partial charge in [0.1, 0.15) is 11.6 Å². The van der Waals surface area contributed by atoms with Crippen LogP contribution in [0.15, 0.2) is 36.7 Å². The molecule has 1 unspecified atom stereocenters. The van der Waals surface area contributed by atoms with E-state index in [0.29, 0.717) is 11.5 Å². The molecule has 1 aromatic carbocycles. The highest BCUT2D eigenvalue weighted by atomic mass is 16.5. The van der Waals surface area contributed by atoms with E-state index in [2.05, 4.69) is 57.2 Å². The molecule has 29 heavy (non-hydrogen) atoms. The zero-order valence-electron chi connectivity index (χ0n) is 17.6. The molecule has 0 radical (unpaired) electrons. The quantitative estimate of drug-likeness (QED) is 0.702. The van der Waals surface area contributed by atoms with Crippen LogP contribution in [-0.2, 0) is 19.6 Å². The van der Waals surface area contributed by atoms with Gasteiger partial charge in [-0.25, -0.2) is 4.98 Å². The van der Waals surface area contributed by atoms with Crippen LogP contribution < -0.4 is 10.1 Å². The Labute approximate surface area is 174 Å². The van der Waals surface area contributed by atoms with Gasteiger partial charge in [-0.1, -0.05) is 12.1 Å². The molecule has 2 aliphatic carbocycles. The molecule has 156 valence electrons. The molecule has 5 heteroatoms. The third kappa shape index (κ3) is 4.36. The van der Waals surface area contributed by atoms with Gasteiger partial charge in [-0.3, -0.25) is 4.90 Å². The van der Waals surface area contributed by atoms with E-state index in [9.17, 15) is 0 Å². The van der Waals surface area contributed by atoms with Crippen LogP contribution in [0.2, 0.25) is 0 Å². The van der Waals surface area contributed by atoms with Gasteiger partial charge in [-0.2, -0.15) is 0 Å². The summed E-state index contributed by atoms with van der Waals surface area (Å²) in [6, 6.07) is 9.47. The predicted octanol–water partition coefficient (Wildman–Crippen LogP) is 3.84. The molecule has 0 bridgehead atoms. The Morgan fingerprint density at radius 3 is 2.69 bits per heavy atom. The molecule has 2 heterocycles. The van der Waals surface area contributed by atoms with Crippen LogP contribution in [-0.4, -0.2) is 40.2 Å². The number of nitrogens with one attached hydrogen (secondary N) is 1. The van der Waals surface area contributed by atoms with E-state index in [1.165, 1.54) is 56.6 Å². The van der Waals surface area contributed by atoms with Gasteiger partial charge < -0.3 is 14.6 Å². The van der Waals surface area contributed by atoms with Crippen LogP contribution in [0.4, 0.5) is 0 Å². The molecule has 0 amide bonds. The molecule has 2 aromatic rings. The van der Waals surface area contributed by atoms with Crippen molar-refractivity contribution >= 4 is 0 Å². The Morgan fingerprint density at radius 1 is 1.17 bits per heavy atom. The predicted molar refractivity (Wildman–Crippen MR) is 115 cm³/mol. The number of rotatable bonds is 9. The van der Waals surface area contributed by atoms with Gasteiger partial charge in [0.25, 0.3) is 0 Å². The summed E-state index contributed by atoms with van der Waals surface area (Å²) in [6.07, 6.45) is 10.7. The molecule has 5 nitrogen and oxygen atoms in total. The highest BCUT2D eigenvalue weighted by molar-refractivity contribution is 5.28. The zero-order chi connectivity index (χ0) is 19.7. The second-order valence-electron chi connectivity index (χ2n) is 9.27. The van der Waals surface area contributed by atoms with Crippen molar-refractivity contribution in [2.75, 3.05) is 19.7 Å². The van der Waals surface area contributed by atoms with Crippen molar-refractivity contribution in [2.24, 2.45) is 11.3 Å². The first-order valence-corrected chi connectivity index (χ1v) is 11.4. The molecule has 2 saturated carbocycles. The minimum Gasteiger partial charge on any atom is -0.493 e. The summed E-state index contributed by atoms with van der Waals surface area (Å²) in [4.78, 5) is 7.34. The van der Waals surface area contributed by atoms with Crippen molar-refractivity contribution in [2.45, 2.75) is 64.7 Å². The van der Waals surface area contributed by atoms with Crippen LogP contribution in [0.25, 0.3) is 0 Å². The summed E-state index contributed by atoms with van der Waals surface area (Å²) in [6.45, 7) is 8.31. The van der Waals surface area contributed by atoms with Crippen molar-refractivity contribution in [3.8, 4) is 5.75 Å². The number of nitrogens with zero attached hydrogens (tertiary/aromatic N) is 3. The summed E-state index contributed by atoms with van der Waals surface area (Å²) < 4.78 is 8.20. The molecular weight excluding hydrogens is 360 g/mol. The fourth-order valence-electron chi connectivity index (χ4n) is 4.97. The molecule has 1 aliphatic heterocycles. The van der Waals surface area contributed by atoms with Gasteiger partial charge >= 0.3 is 0 Å². The summed E-state index contributed by atoms with van der Waals surface area (Å²) in [5.41, 5.74) is 1.90. The maximum Gasteiger partial charge on any atom is 0.122 e. The van der Waals surface area contributed by atoms with E-state index in [4.69, 9.17) is 4.74 Å². The average Bonchev–Trinajstić information content (AvgIpc) is 3.66. The van der Waals surface area contributed by atoms with Gasteiger partial charge in [0.15, 0.2) is 0 Å².